The van der Waals surface area contributed by atoms with Crippen LogP contribution >= 0.6 is 0 Å². The van der Waals surface area contributed by atoms with E-state index in [2.05, 4.69) is 5.32 Å². The Bertz CT molecular complexity index is 1050. The number of anilines is 1. The van der Waals surface area contributed by atoms with Crippen LogP contribution in [0, 0.1) is 5.92 Å². The van der Waals surface area contributed by atoms with Crippen LogP contribution < -0.4 is 10.1 Å². The molecule has 0 saturated carbocycles. The minimum atomic E-state index is -0.469. The largest absolute Gasteiger partial charge is 0.497 e. The second-order valence-electron chi connectivity index (χ2n) is 7.98. The lowest BCUT2D eigenvalue weighted by Gasteiger charge is -2.13. The van der Waals surface area contributed by atoms with Gasteiger partial charge in [0, 0.05) is 24.7 Å². The van der Waals surface area contributed by atoms with Gasteiger partial charge in [0.25, 0.3) is 0 Å². The van der Waals surface area contributed by atoms with Crippen molar-refractivity contribution in [3.63, 3.8) is 0 Å². The van der Waals surface area contributed by atoms with E-state index in [0.29, 0.717) is 24.3 Å². The maximum atomic E-state index is 13.0. The van der Waals surface area contributed by atoms with Crippen molar-refractivity contribution in [1.29, 1.82) is 0 Å². The van der Waals surface area contributed by atoms with Crippen molar-refractivity contribution >= 4 is 17.6 Å². The lowest BCUT2D eigenvalue weighted by molar-refractivity contribution is -0.116. The van der Waals surface area contributed by atoms with Gasteiger partial charge in [-0.2, -0.15) is 0 Å². The zero-order valence-electron chi connectivity index (χ0n) is 19.1. The standard InChI is InChI=1S/C26H30N2O4/c1-5-32-26(30)25-24(27-23(29)15-18(2)3)22(20-11-13-21(31-4)14-12-20)17-28(25)16-19-9-7-6-8-10-19/h6-14,17-18H,5,15-16H2,1-4H3,(H,27,29). The van der Waals surface area contributed by atoms with Crippen LogP contribution in [0.2, 0.25) is 0 Å². The van der Waals surface area contributed by atoms with Gasteiger partial charge in [0.2, 0.25) is 5.91 Å². The van der Waals surface area contributed by atoms with Gasteiger partial charge < -0.3 is 19.4 Å². The van der Waals surface area contributed by atoms with Crippen molar-refractivity contribution in [2.75, 3.05) is 19.0 Å². The van der Waals surface area contributed by atoms with Crippen molar-refractivity contribution in [2.45, 2.75) is 33.7 Å². The average molecular weight is 435 g/mol. The third kappa shape index (κ3) is 5.58. The van der Waals surface area contributed by atoms with Gasteiger partial charge >= 0.3 is 5.97 Å². The summed E-state index contributed by atoms with van der Waals surface area (Å²) in [6, 6.07) is 17.4. The molecule has 0 unspecified atom stereocenters. The van der Waals surface area contributed by atoms with Gasteiger partial charge in [0.1, 0.15) is 5.75 Å². The number of nitrogens with zero attached hydrogens (tertiary/aromatic N) is 1. The summed E-state index contributed by atoms with van der Waals surface area (Å²) >= 11 is 0. The predicted octanol–water partition coefficient (Wildman–Crippen LogP) is 5.37. The lowest BCUT2D eigenvalue weighted by atomic mass is 10.1. The van der Waals surface area contributed by atoms with Crippen LogP contribution in [0.5, 0.6) is 5.75 Å². The summed E-state index contributed by atoms with van der Waals surface area (Å²) in [7, 11) is 1.61. The molecule has 1 aromatic heterocycles. The summed E-state index contributed by atoms with van der Waals surface area (Å²) in [5.41, 5.74) is 3.45. The van der Waals surface area contributed by atoms with Crippen LogP contribution in [0.4, 0.5) is 5.69 Å². The molecule has 3 rings (SSSR count). The number of methoxy groups -OCH3 is 1. The number of carbonyl (C=O) groups excluding carboxylic acids is 2. The molecule has 0 aliphatic rings. The van der Waals surface area contributed by atoms with E-state index in [1.54, 1.807) is 14.0 Å². The second kappa shape index (κ2) is 10.7. The maximum absolute atomic E-state index is 13.0. The number of nitrogens with one attached hydrogen (secondary N) is 1. The fraction of sp³-hybridized carbons (Fsp3) is 0.308. The highest BCUT2D eigenvalue weighted by Gasteiger charge is 2.25. The molecule has 0 atom stereocenters. The molecule has 32 heavy (non-hydrogen) atoms. The molecular formula is C26H30N2O4. The fourth-order valence-corrected chi connectivity index (χ4v) is 3.56. The first-order chi connectivity index (χ1) is 15.4. The summed E-state index contributed by atoms with van der Waals surface area (Å²) in [6.07, 6.45) is 2.25. The smallest absolute Gasteiger partial charge is 0.357 e. The molecule has 0 aliphatic heterocycles. The summed E-state index contributed by atoms with van der Waals surface area (Å²) in [4.78, 5) is 25.7. The van der Waals surface area contributed by atoms with E-state index in [1.165, 1.54) is 0 Å². The number of aromatic nitrogens is 1. The third-order valence-corrected chi connectivity index (χ3v) is 5.00. The molecule has 0 spiro atoms. The number of ether oxygens (including phenoxy) is 2. The predicted molar refractivity (Wildman–Crippen MR) is 126 cm³/mol. The van der Waals surface area contributed by atoms with Crippen LogP contribution in [-0.4, -0.2) is 30.2 Å². The minimum absolute atomic E-state index is 0.141. The summed E-state index contributed by atoms with van der Waals surface area (Å²) < 4.78 is 12.5. The van der Waals surface area contributed by atoms with Gasteiger partial charge in [0.15, 0.2) is 5.69 Å². The van der Waals surface area contributed by atoms with E-state index in [-0.39, 0.29) is 18.4 Å². The van der Waals surface area contributed by atoms with Gasteiger partial charge in [-0.1, -0.05) is 56.3 Å². The molecule has 2 aromatic carbocycles. The molecular weight excluding hydrogens is 404 g/mol. The van der Waals surface area contributed by atoms with E-state index in [9.17, 15) is 9.59 Å². The molecule has 6 nitrogen and oxygen atoms in total. The van der Waals surface area contributed by atoms with Gasteiger partial charge in [0.05, 0.1) is 19.4 Å². The molecule has 1 heterocycles. The third-order valence-electron chi connectivity index (χ3n) is 5.00. The van der Waals surface area contributed by atoms with Gasteiger partial charge in [-0.15, -0.1) is 0 Å². The second-order valence-corrected chi connectivity index (χ2v) is 7.98. The molecule has 0 aliphatic carbocycles. The zero-order chi connectivity index (χ0) is 23.1. The number of esters is 1. The first-order valence-electron chi connectivity index (χ1n) is 10.8. The van der Waals surface area contributed by atoms with Crippen molar-refractivity contribution in [2.24, 2.45) is 5.92 Å². The van der Waals surface area contributed by atoms with Crippen LogP contribution in [0.15, 0.2) is 60.8 Å². The van der Waals surface area contributed by atoms with E-state index >= 15 is 0 Å². The quantitative estimate of drug-likeness (QED) is 0.460. The van der Waals surface area contributed by atoms with Crippen LogP contribution in [0.3, 0.4) is 0 Å². The number of benzene rings is 2. The van der Waals surface area contributed by atoms with Gasteiger partial charge in [-0.3, -0.25) is 4.79 Å². The van der Waals surface area contributed by atoms with Gasteiger partial charge in [-0.25, -0.2) is 4.79 Å². The SMILES string of the molecule is CCOC(=O)c1c(NC(=O)CC(C)C)c(-c2ccc(OC)cc2)cn1Cc1ccccc1. The number of hydrogen-bond acceptors (Lipinski definition) is 4. The minimum Gasteiger partial charge on any atom is -0.497 e. The molecule has 0 radical (unpaired) electrons. The van der Waals surface area contributed by atoms with Crippen molar-refractivity contribution < 1.29 is 19.1 Å². The Kier molecular flexibility index (Phi) is 7.71. The Balaban J connectivity index is 2.14. The fourth-order valence-electron chi connectivity index (χ4n) is 3.56. The Labute approximate surface area is 189 Å². The number of rotatable bonds is 9. The van der Waals surface area contributed by atoms with E-state index in [0.717, 1.165) is 22.4 Å². The first-order valence-corrected chi connectivity index (χ1v) is 10.8. The molecule has 168 valence electrons. The number of carbonyl (C=O) groups is 2. The van der Waals surface area contributed by atoms with Crippen molar-refractivity contribution in [3.05, 3.63) is 72.1 Å². The van der Waals surface area contributed by atoms with E-state index < -0.39 is 5.97 Å². The van der Waals surface area contributed by atoms with Crippen LogP contribution in [0.25, 0.3) is 11.1 Å². The highest BCUT2D eigenvalue weighted by molar-refractivity contribution is 6.05. The Morgan fingerprint density at radius 2 is 1.72 bits per heavy atom. The average Bonchev–Trinajstić information content (AvgIpc) is 3.11. The van der Waals surface area contributed by atoms with Gasteiger partial charge in [-0.05, 0) is 36.1 Å². The van der Waals surface area contributed by atoms with E-state index in [1.807, 2.05) is 79.2 Å². The monoisotopic (exact) mass is 434 g/mol. The topological polar surface area (TPSA) is 69.6 Å². The van der Waals surface area contributed by atoms with E-state index in [4.69, 9.17) is 9.47 Å². The van der Waals surface area contributed by atoms with Crippen LogP contribution in [-0.2, 0) is 16.1 Å². The number of amides is 1. The Morgan fingerprint density at radius 1 is 1.03 bits per heavy atom. The number of hydrogen-bond donors (Lipinski definition) is 1. The molecule has 0 fully saturated rings. The summed E-state index contributed by atoms with van der Waals surface area (Å²) in [5, 5.41) is 2.99. The van der Waals surface area contributed by atoms with Crippen molar-refractivity contribution in [1.82, 2.24) is 4.57 Å². The molecule has 0 saturated heterocycles. The van der Waals surface area contributed by atoms with Crippen LogP contribution in [0.1, 0.15) is 43.2 Å². The lowest BCUT2D eigenvalue weighted by Crippen LogP contribution is -2.19. The highest BCUT2D eigenvalue weighted by atomic mass is 16.5. The Morgan fingerprint density at radius 3 is 2.31 bits per heavy atom. The molecule has 1 amide bonds. The Hall–Kier alpha value is -3.54. The first kappa shape index (κ1) is 23.1. The molecule has 6 heteroatoms. The summed E-state index contributed by atoms with van der Waals surface area (Å²) in [5.74, 6) is 0.311. The van der Waals surface area contributed by atoms with Crippen molar-refractivity contribution in [3.8, 4) is 16.9 Å². The zero-order valence-corrected chi connectivity index (χ0v) is 19.1. The highest BCUT2D eigenvalue weighted by Crippen LogP contribution is 2.35. The molecule has 1 N–H and O–H groups in total. The molecule has 0 bridgehead atoms. The normalized spacial score (nSPS) is 10.8. The maximum Gasteiger partial charge on any atom is 0.357 e. The summed E-state index contributed by atoms with van der Waals surface area (Å²) in [6.45, 7) is 6.45. The molecule has 3 aromatic rings.